The third-order valence-electron chi connectivity index (χ3n) is 7.04. The summed E-state index contributed by atoms with van der Waals surface area (Å²) in [6.45, 7) is 4.15. The van der Waals surface area contributed by atoms with Gasteiger partial charge in [-0.05, 0) is 61.7 Å². The molecule has 1 saturated carbocycles. The first-order valence-corrected chi connectivity index (χ1v) is 12.0. The maximum absolute atomic E-state index is 13.6. The van der Waals surface area contributed by atoms with Crippen LogP contribution in [0.2, 0.25) is 0 Å². The van der Waals surface area contributed by atoms with Crippen LogP contribution in [-0.4, -0.2) is 47.6 Å². The lowest BCUT2D eigenvalue weighted by atomic mass is 9.76. The summed E-state index contributed by atoms with van der Waals surface area (Å²) in [7, 11) is 0. The molecule has 10 heteroatoms. The van der Waals surface area contributed by atoms with Gasteiger partial charge >= 0.3 is 6.18 Å². The van der Waals surface area contributed by atoms with Crippen molar-refractivity contribution in [2.45, 2.75) is 31.0 Å². The van der Waals surface area contributed by atoms with E-state index in [2.05, 4.69) is 10.2 Å². The fourth-order valence-electron chi connectivity index (χ4n) is 5.16. The summed E-state index contributed by atoms with van der Waals surface area (Å²) in [5.41, 5.74) is 0.521. The van der Waals surface area contributed by atoms with Crippen LogP contribution in [0.3, 0.4) is 0 Å². The van der Waals surface area contributed by atoms with E-state index >= 15 is 0 Å². The number of rotatable bonds is 3. The normalized spacial score (nSPS) is 19.8. The minimum atomic E-state index is -4.65. The van der Waals surface area contributed by atoms with Crippen molar-refractivity contribution in [2.75, 3.05) is 47.4 Å². The van der Waals surface area contributed by atoms with Crippen molar-refractivity contribution in [3.05, 3.63) is 53.6 Å². The first-order chi connectivity index (χ1) is 16.4. The zero-order valence-electron chi connectivity index (χ0n) is 18.4. The molecule has 2 aromatic carbocycles. The quantitative estimate of drug-likeness (QED) is 0.669. The molecular formula is C24H24F3N5OS. The lowest BCUT2D eigenvalue weighted by Gasteiger charge is -2.45. The van der Waals surface area contributed by atoms with Crippen LogP contribution in [0.25, 0.3) is 0 Å². The van der Waals surface area contributed by atoms with Gasteiger partial charge in [0, 0.05) is 49.8 Å². The highest BCUT2D eigenvalue weighted by Crippen LogP contribution is 2.47. The van der Waals surface area contributed by atoms with Crippen LogP contribution in [0.5, 0.6) is 0 Å². The molecule has 0 amide bonds. The van der Waals surface area contributed by atoms with Gasteiger partial charge in [-0.15, -0.1) is 0 Å². The molecule has 0 bridgehead atoms. The second kappa shape index (κ2) is 8.64. The van der Waals surface area contributed by atoms with Gasteiger partial charge in [0.25, 0.3) is 0 Å². The predicted molar refractivity (Wildman–Crippen MR) is 127 cm³/mol. The molecule has 0 atom stereocenters. The topological polar surface area (TPSA) is 62.6 Å². The van der Waals surface area contributed by atoms with E-state index in [1.54, 1.807) is 11.0 Å². The van der Waals surface area contributed by atoms with Gasteiger partial charge in [-0.2, -0.15) is 18.4 Å². The number of halogens is 3. The first-order valence-electron chi connectivity index (χ1n) is 11.3. The second-order valence-electron chi connectivity index (χ2n) is 8.96. The molecule has 2 heterocycles. The Morgan fingerprint density at radius 1 is 1.00 bits per heavy atom. The minimum absolute atomic E-state index is 0.274. The number of piperazine rings is 1. The molecule has 0 aromatic heterocycles. The van der Waals surface area contributed by atoms with Crippen molar-refractivity contribution in [3.63, 3.8) is 0 Å². The number of nitrogens with one attached hydrogen (secondary N) is 1. The average Bonchev–Trinajstić information content (AvgIpc) is 3.20. The van der Waals surface area contributed by atoms with E-state index in [1.807, 2.05) is 29.2 Å². The van der Waals surface area contributed by atoms with Crippen LogP contribution in [0.15, 0.2) is 42.5 Å². The van der Waals surface area contributed by atoms with Crippen LogP contribution >= 0.6 is 0 Å². The standard InChI is InChI=1S/C24H24F3N5OS/c25-24(26,27)21-14-20(3-2-17(21)15-28)31-16-23(8-1-9-23)32(22(31)34-33)19-6-4-18(5-7-19)30-12-10-29-11-13-30/h2-7,14,29H,1,8-13,16H2. The van der Waals surface area contributed by atoms with Gasteiger partial charge in [-0.1, -0.05) is 0 Å². The second-order valence-corrected chi connectivity index (χ2v) is 9.49. The Bertz CT molecular complexity index is 1180. The monoisotopic (exact) mass is 487 g/mol. The summed E-state index contributed by atoms with van der Waals surface area (Å²) in [5, 5.41) is 12.8. The molecule has 1 aliphatic carbocycles. The Balaban J connectivity index is 1.50. The van der Waals surface area contributed by atoms with Crippen LogP contribution in [-0.2, 0) is 17.4 Å². The zero-order valence-corrected chi connectivity index (χ0v) is 19.3. The molecule has 2 aliphatic heterocycles. The lowest BCUT2D eigenvalue weighted by molar-refractivity contribution is -0.137. The highest BCUT2D eigenvalue weighted by molar-refractivity contribution is 7.67. The molecule has 34 heavy (non-hydrogen) atoms. The van der Waals surface area contributed by atoms with Crippen LogP contribution < -0.4 is 20.0 Å². The van der Waals surface area contributed by atoms with Gasteiger partial charge in [0.1, 0.15) is 11.3 Å². The number of nitriles is 1. The van der Waals surface area contributed by atoms with Crippen LogP contribution in [0, 0.1) is 11.3 Å². The Labute approximate surface area is 199 Å². The molecule has 2 saturated heterocycles. The molecule has 3 fully saturated rings. The molecule has 0 unspecified atom stereocenters. The Morgan fingerprint density at radius 3 is 2.21 bits per heavy atom. The molecule has 2 aromatic rings. The van der Waals surface area contributed by atoms with E-state index in [0.29, 0.717) is 22.9 Å². The number of hydrogen-bond donors (Lipinski definition) is 1. The lowest BCUT2D eigenvalue weighted by Crippen LogP contribution is -2.53. The Hall–Kier alpha value is -3.03. The maximum atomic E-state index is 13.6. The van der Waals surface area contributed by atoms with Crippen LogP contribution in [0.1, 0.15) is 30.4 Å². The van der Waals surface area contributed by atoms with E-state index in [9.17, 15) is 17.4 Å². The molecule has 1 N–H and O–H groups in total. The fraction of sp³-hybridized carbons (Fsp3) is 0.417. The number of anilines is 3. The Kier molecular flexibility index (Phi) is 5.78. The number of nitrogens with zero attached hydrogens (tertiary/aromatic N) is 4. The van der Waals surface area contributed by atoms with Gasteiger partial charge in [0.05, 0.1) is 22.7 Å². The highest BCUT2D eigenvalue weighted by atomic mass is 32.1. The van der Waals surface area contributed by atoms with Gasteiger partial charge < -0.3 is 20.0 Å². The predicted octanol–water partition coefficient (Wildman–Crippen LogP) is 3.54. The van der Waals surface area contributed by atoms with Gasteiger partial charge in [0.2, 0.25) is 5.11 Å². The van der Waals surface area contributed by atoms with E-state index in [-0.39, 0.29) is 11.2 Å². The summed E-state index contributed by atoms with van der Waals surface area (Å²) in [6.07, 6.45) is -1.94. The molecule has 3 aliphatic rings. The fourth-order valence-corrected chi connectivity index (χ4v) is 5.79. The highest BCUT2D eigenvalue weighted by Gasteiger charge is 2.53. The number of alkyl halides is 3. The molecule has 5 rings (SSSR count). The number of hydrogen-bond acceptors (Lipinski definition) is 4. The van der Waals surface area contributed by atoms with Crippen molar-refractivity contribution in [2.24, 2.45) is 0 Å². The summed E-state index contributed by atoms with van der Waals surface area (Å²) in [6, 6.07) is 13.4. The molecule has 0 radical (unpaired) electrons. The first kappa shape index (κ1) is 22.7. The third-order valence-corrected chi connectivity index (χ3v) is 7.59. The SMILES string of the molecule is N#Cc1ccc(N2CC3(CCC3)N(c3ccc(N4CCNCC4)cc3)C2=S=O)cc1C(F)(F)F. The Morgan fingerprint density at radius 2 is 1.65 bits per heavy atom. The third kappa shape index (κ3) is 3.83. The van der Waals surface area contributed by atoms with E-state index < -0.39 is 17.3 Å². The minimum Gasteiger partial charge on any atom is -0.369 e. The largest absolute Gasteiger partial charge is 0.417 e. The van der Waals surface area contributed by atoms with Gasteiger partial charge in [-0.25, -0.2) is 4.21 Å². The van der Waals surface area contributed by atoms with Crippen molar-refractivity contribution in [1.82, 2.24) is 5.32 Å². The molecule has 178 valence electrons. The molecule has 6 nitrogen and oxygen atoms in total. The summed E-state index contributed by atoms with van der Waals surface area (Å²) >= 11 is 0.299. The maximum Gasteiger partial charge on any atom is 0.417 e. The van der Waals surface area contributed by atoms with E-state index in [1.165, 1.54) is 12.1 Å². The van der Waals surface area contributed by atoms with E-state index in [0.717, 1.165) is 62.9 Å². The van der Waals surface area contributed by atoms with Gasteiger partial charge in [-0.3, -0.25) is 0 Å². The average molecular weight is 488 g/mol. The molecule has 1 spiro atoms. The van der Waals surface area contributed by atoms with Gasteiger partial charge in [0.15, 0.2) is 0 Å². The van der Waals surface area contributed by atoms with Crippen molar-refractivity contribution >= 4 is 33.4 Å². The van der Waals surface area contributed by atoms with E-state index in [4.69, 9.17) is 5.26 Å². The van der Waals surface area contributed by atoms with Crippen molar-refractivity contribution < 1.29 is 17.4 Å². The summed E-state index contributed by atoms with van der Waals surface area (Å²) < 4.78 is 53.1. The number of benzene rings is 2. The van der Waals surface area contributed by atoms with Crippen molar-refractivity contribution in [3.8, 4) is 6.07 Å². The van der Waals surface area contributed by atoms with Crippen LogP contribution in [0.4, 0.5) is 30.2 Å². The summed E-state index contributed by atoms with van der Waals surface area (Å²) in [4.78, 5) is 6.00. The van der Waals surface area contributed by atoms with Crippen molar-refractivity contribution in [1.29, 1.82) is 5.26 Å². The molecular weight excluding hydrogens is 463 g/mol. The summed E-state index contributed by atoms with van der Waals surface area (Å²) in [5.74, 6) is 0. The smallest absolute Gasteiger partial charge is 0.369 e. The zero-order chi connectivity index (χ0) is 23.9.